The fourth-order valence-corrected chi connectivity index (χ4v) is 2.01. The van der Waals surface area contributed by atoms with Gasteiger partial charge < -0.3 is 5.11 Å². The van der Waals surface area contributed by atoms with Crippen molar-refractivity contribution in [1.29, 1.82) is 0 Å². The molecule has 0 aliphatic heterocycles. The van der Waals surface area contributed by atoms with Gasteiger partial charge >= 0.3 is 6.18 Å². The first-order valence-electron chi connectivity index (χ1n) is 4.80. The molecule has 0 bridgehead atoms. The number of hydrogen-bond acceptors (Lipinski definition) is 1. The van der Waals surface area contributed by atoms with Gasteiger partial charge in [-0.25, -0.2) is 0 Å². The van der Waals surface area contributed by atoms with E-state index in [1.165, 1.54) is 6.92 Å². The van der Waals surface area contributed by atoms with Crippen LogP contribution < -0.4 is 0 Å². The molecule has 0 amide bonds. The first kappa shape index (κ1) is 19.3. The second-order valence-electron chi connectivity index (χ2n) is 3.28. The highest BCUT2D eigenvalue weighted by molar-refractivity contribution is 6.55. The Balaban J connectivity index is 0.000000399. The van der Waals surface area contributed by atoms with Gasteiger partial charge in [0.2, 0.25) is 0 Å². The van der Waals surface area contributed by atoms with Crippen molar-refractivity contribution >= 4 is 58.0 Å². The van der Waals surface area contributed by atoms with E-state index in [0.717, 1.165) is 0 Å². The summed E-state index contributed by atoms with van der Waals surface area (Å²) >= 11 is 27.9. The largest absolute Gasteiger partial charge is 0.505 e. The van der Waals surface area contributed by atoms with Crippen molar-refractivity contribution in [3.8, 4) is 5.75 Å². The predicted molar refractivity (Wildman–Crippen MR) is 74.1 cm³/mol. The highest BCUT2D eigenvalue weighted by Gasteiger charge is 2.24. The van der Waals surface area contributed by atoms with Crippen molar-refractivity contribution in [2.75, 3.05) is 0 Å². The molecule has 1 rings (SSSR count). The van der Waals surface area contributed by atoms with Crippen LogP contribution in [0.5, 0.6) is 5.75 Å². The van der Waals surface area contributed by atoms with E-state index in [1.54, 1.807) is 0 Å². The molecule has 0 spiro atoms. The third-order valence-corrected chi connectivity index (χ3v) is 3.98. The Hall–Kier alpha value is 0.260. The summed E-state index contributed by atoms with van der Waals surface area (Å²) in [6.07, 6.45) is -4.43. The molecule has 1 nitrogen and oxygen atoms in total. The number of phenols is 1. The maximum Gasteiger partial charge on any atom is 0.389 e. The second kappa shape index (κ2) is 7.89. The molecule has 0 saturated carbocycles. The summed E-state index contributed by atoms with van der Waals surface area (Å²) in [7, 11) is 0. The number of hydrogen-bond donors (Lipinski definition) is 1. The van der Waals surface area contributed by atoms with Crippen LogP contribution in [-0.4, -0.2) is 11.3 Å². The number of alkyl halides is 3. The van der Waals surface area contributed by atoms with Crippen LogP contribution in [-0.2, 0) is 0 Å². The Bertz CT molecular complexity index is 343. The summed E-state index contributed by atoms with van der Waals surface area (Å²) in [5.74, 6) is -0.363. The Kier molecular flexibility index (Phi) is 8.00. The molecule has 0 aliphatic rings. The van der Waals surface area contributed by atoms with Gasteiger partial charge in [-0.15, -0.1) is 0 Å². The molecule has 19 heavy (non-hydrogen) atoms. The third-order valence-electron chi connectivity index (χ3n) is 1.72. The van der Waals surface area contributed by atoms with Gasteiger partial charge in [0.1, 0.15) is 10.0 Å². The molecule has 0 aliphatic carbocycles. The van der Waals surface area contributed by atoms with Crippen molar-refractivity contribution < 1.29 is 18.3 Å². The van der Waals surface area contributed by atoms with Gasteiger partial charge in [0, 0.05) is 6.42 Å². The number of halogens is 8. The highest BCUT2D eigenvalue weighted by Crippen LogP contribution is 2.47. The molecule has 9 heteroatoms. The van der Waals surface area contributed by atoms with Gasteiger partial charge in [-0.3, -0.25) is 0 Å². The monoisotopic (exact) mass is 376 g/mol. The van der Waals surface area contributed by atoms with Gasteiger partial charge in [0.05, 0.1) is 15.1 Å². The number of benzene rings is 1. The minimum absolute atomic E-state index is 0.00904. The van der Waals surface area contributed by atoms with Gasteiger partial charge in [-0.2, -0.15) is 13.2 Å². The smallest absolute Gasteiger partial charge is 0.389 e. The van der Waals surface area contributed by atoms with Crippen molar-refractivity contribution in [1.82, 2.24) is 0 Å². The zero-order chi connectivity index (χ0) is 15.4. The van der Waals surface area contributed by atoms with Crippen LogP contribution in [0.3, 0.4) is 0 Å². The third kappa shape index (κ3) is 6.05. The van der Waals surface area contributed by atoms with Gasteiger partial charge in [0.25, 0.3) is 0 Å². The van der Waals surface area contributed by atoms with Gasteiger partial charge in [-0.05, 0) is 6.42 Å². The minimum Gasteiger partial charge on any atom is -0.505 e. The lowest BCUT2D eigenvalue weighted by Crippen LogP contribution is -2.04. The quantitative estimate of drug-likeness (QED) is 0.412. The summed E-state index contributed by atoms with van der Waals surface area (Å²) in [6.45, 7) is 1.51. The zero-order valence-electron chi connectivity index (χ0n) is 9.39. The predicted octanol–water partition coefficient (Wildman–Crippen LogP) is 7.01. The number of rotatable bonds is 1. The van der Waals surface area contributed by atoms with Crippen LogP contribution in [0.2, 0.25) is 25.1 Å². The molecule has 1 N–H and O–H groups in total. The van der Waals surface area contributed by atoms with Crippen molar-refractivity contribution in [3.63, 3.8) is 0 Å². The zero-order valence-corrected chi connectivity index (χ0v) is 13.2. The molecule has 0 aromatic heterocycles. The van der Waals surface area contributed by atoms with Crippen molar-refractivity contribution in [2.45, 2.75) is 25.9 Å². The van der Waals surface area contributed by atoms with E-state index in [-0.39, 0.29) is 37.3 Å². The fraction of sp³-hybridized carbons (Fsp3) is 0.400. The molecule has 0 unspecified atom stereocenters. The summed E-state index contributed by atoms with van der Waals surface area (Å²) in [6, 6.07) is 0. The van der Waals surface area contributed by atoms with Crippen LogP contribution in [0.1, 0.15) is 19.8 Å². The van der Waals surface area contributed by atoms with E-state index in [2.05, 4.69) is 0 Å². The summed E-state index contributed by atoms with van der Waals surface area (Å²) in [4.78, 5) is 0. The topological polar surface area (TPSA) is 20.2 Å². The standard InChI is InChI=1S/C6HCl5O.C4H7F3/c7-1-2(8)4(10)6(12)5(11)3(1)9;1-2-3-4(5,6)7/h12H;2-3H2,1H3. The second-order valence-corrected chi connectivity index (χ2v) is 5.17. The summed E-state index contributed by atoms with van der Waals surface area (Å²) in [5, 5.41) is 9.01. The van der Waals surface area contributed by atoms with E-state index >= 15 is 0 Å². The Morgan fingerprint density at radius 2 is 1.16 bits per heavy atom. The average Bonchev–Trinajstić information content (AvgIpc) is 2.31. The first-order valence-corrected chi connectivity index (χ1v) is 6.69. The van der Waals surface area contributed by atoms with Crippen LogP contribution in [0, 0.1) is 0 Å². The lowest BCUT2D eigenvalue weighted by molar-refractivity contribution is -0.134. The molecule has 0 atom stereocenters. The minimum atomic E-state index is -3.95. The molecule has 0 saturated heterocycles. The van der Waals surface area contributed by atoms with Crippen LogP contribution in [0.15, 0.2) is 0 Å². The van der Waals surface area contributed by atoms with Crippen molar-refractivity contribution in [3.05, 3.63) is 25.1 Å². The molecule has 1 aromatic rings. The molecule has 1 aromatic carbocycles. The maximum absolute atomic E-state index is 11.1. The summed E-state index contributed by atoms with van der Waals surface area (Å²) in [5.41, 5.74) is 0. The Morgan fingerprint density at radius 3 is 1.37 bits per heavy atom. The average molecular weight is 378 g/mol. The van der Waals surface area contributed by atoms with E-state index in [0.29, 0.717) is 0 Å². The number of phenolic OH excluding ortho intramolecular Hbond substituents is 1. The lowest BCUT2D eigenvalue weighted by atomic mass is 10.3. The molecule has 110 valence electrons. The SMILES string of the molecule is CCCC(F)(F)F.Oc1c(Cl)c(Cl)c(Cl)c(Cl)c1Cl. The van der Waals surface area contributed by atoms with E-state index in [9.17, 15) is 18.3 Å². The van der Waals surface area contributed by atoms with Gasteiger partial charge in [-0.1, -0.05) is 64.9 Å². The summed E-state index contributed by atoms with van der Waals surface area (Å²) < 4.78 is 33.2. The molecular weight excluding hydrogens is 370 g/mol. The molecule has 0 heterocycles. The van der Waals surface area contributed by atoms with E-state index in [1.807, 2.05) is 0 Å². The normalized spacial score (nSPS) is 11.0. The van der Waals surface area contributed by atoms with Gasteiger partial charge in [0.15, 0.2) is 5.75 Å². The molecule has 0 fully saturated rings. The fourth-order valence-electron chi connectivity index (χ4n) is 0.877. The van der Waals surface area contributed by atoms with E-state index in [4.69, 9.17) is 58.0 Å². The lowest BCUT2D eigenvalue weighted by Gasteiger charge is -2.06. The number of aromatic hydroxyl groups is 1. The van der Waals surface area contributed by atoms with Crippen LogP contribution in [0.25, 0.3) is 0 Å². The first-order chi connectivity index (χ1) is 8.52. The van der Waals surface area contributed by atoms with E-state index < -0.39 is 12.6 Å². The van der Waals surface area contributed by atoms with Crippen LogP contribution in [0.4, 0.5) is 13.2 Å². The molecular formula is C10H8Cl5F3O. The maximum atomic E-state index is 11.1. The Morgan fingerprint density at radius 1 is 0.842 bits per heavy atom. The molecule has 0 radical (unpaired) electrons. The van der Waals surface area contributed by atoms with Crippen LogP contribution >= 0.6 is 58.0 Å². The Labute approximate surface area is 133 Å². The highest BCUT2D eigenvalue weighted by atomic mass is 35.5. The van der Waals surface area contributed by atoms with Crippen molar-refractivity contribution in [2.24, 2.45) is 0 Å².